The van der Waals surface area contributed by atoms with Crippen LogP contribution in [0.5, 0.6) is 23.0 Å². The Bertz CT molecular complexity index is 1660. The molecule has 0 amide bonds. The van der Waals surface area contributed by atoms with E-state index in [0.29, 0.717) is 68.3 Å². The van der Waals surface area contributed by atoms with Gasteiger partial charge in [-0.05, 0) is 62.2 Å². The molecule has 0 spiro atoms. The SMILES string of the molecule is C=CCOc1c(Cl)cc(/C=c2\sc3n(c2=O)[C@H](c2ccc(OCC)c(OCC)c2)C(C(=O)OC)=CN=3)cc1OCC. The molecule has 3 aromatic rings. The summed E-state index contributed by atoms with van der Waals surface area (Å²) < 4.78 is 29.9. The van der Waals surface area contributed by atoms with Gasteiger partial charge in [0, 0.05) is 6.20 Å². The summed E-state index contributed by atoms with van der Waals surface area (Å²) in [5, 5.41) is 0.334. The third-order valence-electron chi connectivity index (χ3n) is 5.98. The number of carbonyl (C=O) groups excluding carboxylic acids is 1. The third kappa shape index (κ3) is 6.34. The Morgan fingerprint density at radius 2 is 1.76 bits per heavy atom. The van der Waals surface area contributed by atoms with Crippen LogP contribution in [0.1, 0.15) is 37.9 Å². The maximum atomic E-state index is 13.9. The number of ether oxygens (including phenoxy) is 5. The van der Waals surface area contributed by atoms with E-state index < -0.39 is 12.0 Å². The normalized spacial score (nSPS) is 14.4. The molecule has 0 saturated carbocycles. The number of esters is 1. The molecule has 0 bridgehead atoms. The van der Waals surface area contributed by atoms with E-state index in [-0.39, 0.29) is 17.7 Å². The van der Waals surface area contributed by atoms with E-state index in [0.717, 1.165) is 0 Å². The third-order valence-corrected chi connectivity index (χ3v) is 7.26. The fourth-order valence-electron chi connectivity index (χ4n) is 4.36. The number of carbonyl (C=O) groups is 1. The smallest absolute Gasteiger partial charge is 0.337 e. The molecule has 1 atom stereocenters. The zero-order valence-corrected chi connectivity index (χ0v) is 24.8. The second-order valence-corrected chi connectivity index (χ2v) is 10.0. The lowest BCUT2D eigenvalue weighted by Gasteiger charge is -2.23. The predicted octanol–water partition coefficient (Wildman–Crippen LogP) is 4.43. The van der Waals surface area contributed by atoms with E-state index in [1.165, 1.54) is 29.2 Å². The monoisotopic (exact) mass is 598 g/mol. The molecule has 11 heteroatoms. The van der Waals surface area contributed by atoms with Crippen molar-refractivity contribution in [2.24, 2.45) is 4.99 Å². The van der Waals surface area contributed by atoms with Crippen molar-refractivity contribution in [2.75, 3.05) is 33.5 Å². The number of rotatable bonds is 12. The van der Waals surface area contributed by atoms with E-state index in [1.807, 2.05) is 20.8 Å². The Labute approximate surface area is 246 Å². The molecule has 4 rings (SSSR count). The molecule has 0 N–H and O–H groups in total. The van der Waals surface area contributed by atoms with E-state index >= 15 is 0 Å². The molecule has 1 aliphatic rings. The summed E-state index contributed by atoms with van der Waals surface area (Å²) in [5.41, 5.74) is 1.16. The lowest BCUT2D eigenvalue weighted by atomic mass is 9.97. The van der Waals surface area contributed by atoms with Gasteiger partial charge in [0.25, 0.3) is 5.56 Å². The fraction of sp³-hybridized carbons (Fsp3) is 0.300. The molecular formula is C30H31ClN2O7S. The number of aromatic nitrogens is 1. The maximum absolute atomic E-state index is 13.9. The summed E-state index contributed by atoms with van der Waals surface area (Å²) in [5.74, 6) is 1.33. The largest absolute Gasteiger partial charge is 0.490 e. The average Bonchev–Trinajstić information content (AvgIpc) is 3.27. The van der Waals surface area contributed by atoms with Crippen LogP contribution < -0.4 is 33.8 Å². The first kappa shape index (κ1) is 30.0. The van der Waals surface area contributed by atoms with Gasteiger partial charge >= 0.3 is 5.97 Å². The van der Waals surface area contributed by atoms with Gasteiger partial charge in [-0.2, -0.15) is 0 Å². The Morgan fingerprint density at radius 1 is 1.05 bits per heavy atom. The number of hydrogen-bond donors (Lipinski definition) is 0. The first-order chi connectivity index (χ1) is 19.9. The van der Waals surface area contributed by atoms with Gasteiger partial charge in [0.2, 0.25) is 0 Å². The Hall–Kier alpha value is -4.02. The standard InChI is InChI=1S/C30H31ClN2O7S/c1-6-12-40-27-21(31)13-18(14-24(27)39-9-4)15-25-28(34)33-26(20(29(35)36-5)17-32-30(33)41-25)19-10-11-22(37-7-2)23(16-19)38-8-3/h6,10-11,13-17,26H,1,7-9,12H2,2-5H3/b25-15-/t26-/m1/s1. The van der Waals surface area contributed by atoms with Crippen LogP contribution in [0, 0.1) is 0 Å². The first-order valence-corrected chi connectivity index (χ1v) is 14.2. The summed E-state index contributed by atoms with van der Waals surface area (Å²) in [6.07, 6.45) is 4.76. The van der Waals surface area contributed by atoms with Gasteiger partial charge in [0.1, 0.15) is 6.61 Å². The number of benzene rings is 2. The first-order valence-electron chi connectivity index (χ1n) is 13.1. The van der Waals surface area contributed by atoms with Gasteiger partial charge in [-0.15, -0.1) is 0 Å². The van der Waals surface area contributed by atoms with Crippen LogP contribution in [0.25, 0.3) is 6.08 Å². The van der Waals surface area contributed by atoms with Gasteiger partial charge < -0.3 is 23.7 Å². The summed E-state index contributed by atoms with van der Waals surface area (Å²) >= 11 is 7.71. The van der Waals surface area contributed by atoms with E-state index in [1.54, 1.807) is 42.5 Å². The minimum atomic E-state index is -0.798. The van der Waals surface area contributed by atoms with Crippen molar-refractivity contribution < 1.29 is 28.5 Å². The van der Waals surface area contributed by atoms with Gasteiger partial charge in [-0.1, -0.05) is 41.7 Å². The van der Waals surface area contributed by atoms with Crippen molar-refractivity contribution in [3.05, 3.63) is 90.6 Å². The molecule has 9 nitrogen and oxygen atoms in total. The molecule has 0 fully saturated rings. The molecule has 1 aromatic heterocycles. The number of hydrogen-bond acceptors (Lipinski definition) is 9. The van der Waals surface area contributed by atoms with Crippen molar-refractivity contribution in [1.29, 1.82) is 0 Å². The van der Waals surface area contributed by atoms with Gasteiger partial charge in [0.15, 0.2) is 27.8 Å². The van der Waals surface area contributed by atoms with Gasteiger partial charge in [-0.25, -0.2) is 9.79 Å². The molecule has 0 radical (unpaired) electrons. The van der Waals surface area contributed by atoms with E-state index in [2.05, 4.69) is 11.6 Å². The topological polar surface area (TPSA) is 97.6 Å². The highest BCUT2D eigenvalue weighted by Crippen LogP contribution is 2.37. The van der Waals surface area contributed by atoms with Crippen LogP contribution >= 0.6 is 22.9 Å². The molecule has 0 saturated heterocycles. The maximum Gasteiger partial charge on any atom is 0.337 e. The number of methoxy groups -OCH3 is 1. The second kappa shape index (κ2) is 13.6. The summed E-state index contributed by atoms with van der Waals surface area (Å²) in [6.45, 7) is 10.8. The van der Waals surface area contributed by atoms with Crippen molar-refractivity contribution >= 4 is 35.0 Å². The van der Waals surface area contributed by atoms with E-state index in [4.69, 9.17) is 35.3 Å². The Kier molecular flexibility index (Phi) is 9.91. The highest BCUT2D eigenvalue weighted by atomic mass is 35.5. The van der Waals surface area contributed by atoms with Crippen molar-refractivity contribution in [2.45, 2.75) is 26.8 Å². The summed E-state index contributed by atoms with van der Waals surface area (Å²) in [7, 11) is 1.29. The lowest BCUT2D eigenvalue weighted by Crippen LogP contribution is -2.39. The Balaban J connectivity index is 1.88. The van der Waals surface area contributed by atoms with Crippen LogP contribution in [0.2, 0.25) is 5.02 Å². The predicted molar refractivity (Wildman–Crippen MR) is 158 cm³/mol. The number of halogens is 1. The lowest BCUT2D eigenvalue weighted by molar-refractivity contribution is -0.136. The molecular weight excluding hydrogens is 568 g/mol. The summed E-state index contributed by atoms with van der Waals surface area (Å²) in [6, 6.07) is 7.99. The zero-order chi connectivity index (χ0) is 29.5. The van der Waals surface area contributed by atoms with Crippen LogP contribution in [0.15, 0.2) is 64.5 Å². The van der Waals surface area contributed by atoms with Crippen molar-refractivity contribution in [1.82, 2.24) is 4.57 Å². The average molecular weight is 599 g/mol. The quantitative estimate of drug-likeness (QED) is 0.225. The highest BCUT2D eigenvalue weighted by Gasteiger charge is 2.31. The molecule has 0 unspecified atom stereocenters. The fourth-order valence-corrected chi connectivity index (χ4v) is 5.60. The molecule has 216 valence electrons. The van der Waals surface area contributed by atoms with Crippen LogP contribution in [-0.2, 0) is 9.53 Å². The van der Waals surface area contributed by atoms with Gasteiger partial charge in [-0.3, -0.25) is 9.36 Å². The highest BCUT2D eigenvalue weighted by molar-refractivity contribution is 7.07. The molecule has 0 aliphatic carbocycles. The van der Waals surface area contributed by atoms with Gasteiger partial charge in [0.05, 0.1) is 48.1 Å². The molecule has 2 aromatic carbocycles. The number of fused-ring (bicyclic) bond motifs is 1. The second-order valence-electron chi connectivity index (χ2n) is 8.61. The van der Waals surface area contributed by atoms with Crippen LogP contribution in [0.3, 0.4) is 0 Å². The number of nitrogens with zero attached hydrogens (tertiary/aromatic N) is 2. The molecule has 2 heterocycles. The minimum Gasteiger partial charge on any atom is -0.490 e. The van der Waals surface area contributed by atoms with Crippen molar-refractivity contribution in [3.8, 4) is 23.0 Å². The van der Waals surface area contributed by atoms with Crippen LogP contribution in [0.4, 0.5) is 0 Å². The molecule has 1 aliphatic heterocycles. The van der Waals surface area contributed by atoms with Crippen LogP contribution in [-0.4, -0.2) is 44.1 Å². The van der Waals surface area contributed by atoms with E-state index in [9.17, 15) is 9.59 Å². The Morgan fingerprint density at radius 3 is 2.44 bits per heavy atom. The van der Waals surface area contributed by atoms with Crippen molar-refractivity contribution in [3.63, 3.8) is 0 Å². The molecule has 41 heavy (non-hydrogen) atoms. The minimum absolute atomic E-state index is 0.212. The number of thiazole rings is 1. The zero-order valence-electron chi connectivity index (χ0n) is 23.3. The summed E-state index contributed by atoms with van der Waals surface area (Å²) in [4.78, 5) is 31.6.